The number of fused-ring (bicyclic) bond motifs is 1. The van der Waals surface area contributed by atoms with E-state index in [1.165, 1.54) is 0 Å². The fourth-order valence-electron chi connectivity index (χ4n) is 2.62. The van der Waals surface area contributed by atoms with Crippen LogP contribution >= 0.6 is 0 Å². The van der Waals surface area contributed by atoms with Crippen molar-refractivity contribution in [2.75, 3.05) is 11.4 Å². The third-order valence-corrected chi connectivity index (χ3v) is 3.60. The van der Waals surface area contributed by atoms with Gasteiger partial charge in [0.25, 0.3) is 0 Å². The summed E-state index contributed by atoms with van der Waals surface area (Å²) < 4.78 is 1.97. The van der Waals surface area contributed by atoms with Gasteiger partial charge in [0.05, 0.1) is 17.9 Å². The third kappa shape index (κ3) is 1.66. The summed E-state index contributed by atoms with van der Waals surface area (Å²) in [4.78, 5) is 22.1. The minimum absolute atomic E-state index is 0.0566. The van der Waals surface area contributed by atoms with Gasteiger partial charge in [0, 0.05) is 19.8 Å². The van der Waals surface area contributed by atoms with Gasteiger partial charge in [0.2, 0.25) is 0 Å². The van der Waals surface area contributed by atoms with E-state index in [9.17, 15) is 4.79 Å². The van der Waals surface area contributed by atoms with Crippen molar-refractivity contribution in [3.8, 4) is 0 Å². The molecule has 0 aromatic carbocycles. The molecule has 1 atom stereocenters. The number of carbonyl (C=O) groups excluding carboxylic acids is 1. The molecule has 3 heterocycles. The molecule has 5 nitrogen and oxygen atoms in total. The van der Waals surface area contributed by atoms with Crippen LogP contribution in [0.25, 0.3) is 11.0 Å². The Balaban J connectivity index is 2.10. The average molecular weight is 244 g/mol. The predicted octanol–water partition coefficient (Wildman–Crippen LogP) is 1.53. The number of aldehydes is 1. The van der Waals surface area contributed by atoms with Crippen molar-refractivity contribution in [2.24, 2.45) is 7.05 Å². The van der Waals surface area contributed by atoms with E-state index in [-0.39, 0.29) is 6.04 Å². The summed E-state index contributed by atoms with van der Waals surface area (Å²) in [6, 6.07) is 1.89. The predicted molar refractivity (Wildman–Crippen MR) is 69.6 cm³/mol. The standard InChI is InChI=1S/C13H16N4O/c1-16-9-15-12-11(16)5-6-14-13(12)17-7-3-2-4-10(17)8-18/h5-6,8-10H,2-4,7H2,1H3. The third-order valence-electron chi connectivity index (χ3n) is 3.60. The van der Waals surface area contributed by atoms with Crippen LogP contribution in [0.5, 0.6) is 0 Å². The topological polar surface area (TPSA) is 51.0 Å². The molecule has 3 rings (SSSR count). The first kappa shape index (κ1) is 11.2. The van der Waals surface area contributed by atoms with Gasteiger partial charge in [-0.25, -0.2) is 9.97 Å². The summed E-state index contributed by atoms with van der Waals surface area (Å²) in [5.41, 5.74) is 1.93. The molecule has 5 heteroatoms. The lowest BCUT2D eigenvalue weighted by Gasteiger charge is -2.33. The normalized spacial score (nSPS) is 20.3. The SMILES string of the molecule is Cn1cnc2c(N3CCCCC3C=O)nccc21. The van der Waals surface area contributed by atoms with Crippen molar-refractivity contribution in [3.05, 3.63) is 18.6 Å². The van der Waals surface area contributed by atoms with Gasteiger partial charge >= 0.3 is 0 Å². The first-order valence-electron chi connectivity index (χ1n) is 6.29. The van der Waals surface area contributed by atoms with E-state index in [4.69, 9.17) is 0 Å². The quantitative estimate of drug-likeness (QED) is 0.752. The molecule has 2 aromatic heterocycles. The number of pyridine rings is 1. The molecule has 0 spiro atoms. The molecule has 0 radical (unpaired) electrons. The van der Waals surface area contributed by atoms with Gasteiger partial charge in [0.1, 0.15) is 11.8 Å². The van der Waals surface area contributed by atoms with Crippen molar-refractivity contribution in [1.29, 1.82) is 0 Å². The number of aryl methyl sites for hydroxylation is 1. The van der Waals surface area contributed by atoms with E-state index in [1.807, 2.05) is 17.7 Å². The Morgan fingerprint density at radius 3 is 3.11 bits per heavy atom. The molecule has 0 aliphatic carbocycles. The molecule has 0 bridgehead atoms. The van der Waals surface area contributed by atoms with E-state index in [0.717, 1.165) is 48.9 Å². The molecular weight excluding hydrogens is 228 g/mol. The maximum absolute atomic E-state index is 11.2. The van der Waals surface area contributed by atoms with Crippen LogP contribution in [0.1, 0.15) is 19.3 Å². The Hall–Kier alpha value is -1.91. The molecule has 2 aromatic rings. The number of anilines is 1. The monoisotopic (exact) mass is 244 g/mol. The lowest BCUT2D eigenvalue weighted by Crippen LogP contribution is -2.41. The Labute approximate surface area is 105 Å². The molecule has 1 fully saturated rings. The Kier molecular flexibility index (Phi) is 2.74. The molecule has 1 aliphatic rings. The van der Waals surface area contributed by atoms with Gasteiger partial charge in [-0.2, -0.15) is 0 Å². The number of aromatic nitrogens is 3. The molecule has 0 N–H and O–H groups in total. The van der Waals surface area contributed by atoms with Gasteiger partial charge in [-0.1, -0.05) is 0 Å². The first-order valence-corrected chi connectivity index (χ1v) is 6.29. The highest BCUT2D eigenvalue weighted by Gasteiger charge is 2.25. The smallest absolute Gasteiger partial charge is 0.157 e. The largest absolute Gasteiger partial charge is 0.345 e. The highest BCUT2D eigenvalue weighted by Crippen LogP contribution is 2.27. The Morgan fingerprint density at radius 2 is 2.28 bits per heavy atom. The summed E-state index contributed by atoms with van der Waals surface area (Å²) >= 11 is 0. The maximum atomic E-state index is 11.2. The van der Waals surface area contributed by atoms with E-state index in [1.54, 1.807) is 12.5 Å². The zero-order chi connectivity index (χ0) is 12.5. The van der Waals surface area contributed by atoms with E-state index in [2.05, 4.69) is 14.9 Å². The zero-order valence-electron chi connectivity index (χ0n) is 10.4. The molecule has 94 valence electrons. The van der Waals surface area contributed by atoms with Gasteiger partial charge in [0.15, 0.2) is 5.82 Å². The number of carbonyl (C=O) groups is 1. The molecule has 1 unspecified atom stereocenters. The fourth-order valence-corrected chi connectivity index (χ4v) is 2.62. The van der Waals surface area contributed by atoms with Crippen molar-refractivity contribution in [2.45, 2.75) is 25.3 Å². The second kappa shape index (κ2) is 4.40. The Morgan fingerprint density at radius 1 is 1.39 bits per heavy atom. The minimum atomic E-state index is -0.0566. The van der Waals surface area contributed by atoms with E-state index < -0.39 is 0 Å². The number of hydrogen-bond donors (Lipinski definition) is 0. The summed E-state index contributed by atoms with van der Waals surface area (Å²) in [6.45, 7) is 0.881. The van der Waals surface area contributed by atoms with Crippen molar-refractivity contribution >= 4 is 23.1 Å². The van der Waals surface area contributed by atoms with Crippen molar-refractivity contribution in [3.63, 3.8) is 0 Å². The van der Waals surface area contributed by atoms with Crippen LogP contribution in [0, 0.1) is 0 Å². The summed E-state index contributed by atoms with van der Waals surface area (Å²) in [5.74, 6) is 0.838. The maximum Gasteiger partial charge on any atom is 0.157 e. The number of rotatable bonds is 2. The van der Waals surface area contributed by atoms with Crippen molar-refractivity contribution in [1.82, 2.24) is 14.5 Å². The fraction of sp³-hybridized carbons (Fsp3) is 0.462. The molecule has 18 heavy (non-hydrogen) atoms. The molecule has 0 amide bonds. The lowest BCUT2D eigenvalue weighted by atomic mass is 10.0. The zero-order valence-corrected chi connectivity index (χ0v) is 10.4. The van der Waals surface area contributed by atoms with E-state index in [0.29, 0.717) is 0 Å². The Bertz CT molecular complexity index is 577. The van der Waals surface area contributed by atoms with Gasteiger partial charge in [-0.3, -0.25) is 0 Å². The van der Waals surface area contributed by atoms with Gasteiger partial charge < -0.3 is 14.3 Å². The van der Waals surface area contributed by atoms with E-state index >= 15 is 0 Å². The molecule has 0 saturated carbocycles. The number of nitrogens with zero attached hydrogens (tertiary/aromatic N) is 4. The highest BCUT2D eigenvalue weighted by atomic mass is 16.1. The molecular formula is C13H16N4O. The van der Waals surface area contributed by atoms with Crippen LogP contribution in [-0.2, 0) is 11.8 Å². The second-order valence-electron chi connectivity index (χ2n) is 4.75. The van der Waals surface area contributed by atoms with Crippen molar-refractivity contribution < 1.29 is 4.79 Å². The summed E-state index contributed by atoms with van der Waals surface area (Å²) in [7, 11) is 1.96. The second-order valence-corrected chi connectivity index (χ2v) is 4.75. The highest BCUT2D eigenvalue weighted by molar-refractivity contribution is 5.87. The van der Waals surface area contributed by atoms with Crippen LogP contribution in [0.2, 0.25) is 0 Å². The van der Waals surface area contributed by atoms with Gasteiger partial charge in [-0.05, 0) is 25.3 Å². The average Bonchev–Trinajstić information content (AvgIpc) is 2.81. The van der Waals surface area contributed by atoms with Crippen LogP contribution < -0.4 is 4.90 Å². The number of piperidine rings is 1. The first-order chi connectivity index (χ1) is 8.81. The number of imidazole rings is 1. The van der Waals surface area contributed by atoms with Crippen LogP contribution in [0.3, 0.4) is 0 Å². The number of hydrogen-bond acceptors (Lipinski definition) is 4. The van der Waals surface area contributed by atoms with Crippen LogP contribution in [0.4, 0.5) is 5.82 Å². The lowest BCUT2D eigenvalue weighted by molar-refractivity contribution is -0.109. The summed E-state index contributed by atoms with van der Waals surface area (Å²) in [6.07, 6.45) is 7.73. The summed E-state index contributed by atoms with van der Waals surface area (Å²) in [5, 5.41) is 0. The molecule has 1 aliphatic heterocycles. The van der Waals surface area contributed by atoms with Crippen LogP contribution in [0.15, 0.2) is 18.6 Å². The minimum Gasteiger partial charge on any atom is -0.345 e. The van der Waals surface area contributed by atoms with Crippen LogP contribution in [-0.4, -0.2) is 33.4 Å². The molecule has 1 saturated heterocycles. The van der Waals surface area contributed by atoms with Gasteiger partial charge in [-0.15, -0.1) is 0 Å².